The Bertz CT molecular complexity index is 421. The highest BCUT2D eigenvalue weighted by Gasteiger charge is 2.21. The molecule has 0 unspecified atom stereocenters. The molecule has 0 saturated heterocycles. The molecule has 0 aliphatic carbocycles. The van der Waals surface area contributed by atoms with Crippen molar-refractivity contribution in [2.45, 2.75) is 19.4 Å². The Morgan fingerprint density at radius 1 is 1.53 bits per heavy atom. The smallest absolute Gasteiger partial charge is 0.293 e. The summed E-state index contributed by atoms with van der Waals surface area (Å²) in [5.41, 5.74) is -0.138. The van der Waals surface area contributed by atoms with E-state index in [1.807, 2.05) is 13.8 Å². The van der Waals surface area contributed by atoms with Crippen molar-refractivity contribution in [3.05, 3.63) is 33.3 Å². The highest BCUT2D eigenvalue weighted by atomic mass is 35.5. The van der Waals surface area contributed by atoms with E-state index < -0.39 is 10.5 Å². The van der Waals surface area contributed by atoms with Crippen LogP contribution in [0.4, 0.5) is 11.4 Å². The third kappa shape index (κ3) is 3.57. The minimum Gasteiger partial charge on any atom is -0.377 e. The Morgan fingerprint density at radius 2 is 2.18 bits per heavy atom. The molecule has 0 bridgehead atoms. The molecule has 0 aliphatic rings. The molecule has 1 aromatic carbocycles. The summed E-state index contributed by atoms with van der Waals surface area (Å²) >= 11 is 5.94. The second kappa shape index (κ2) is 5.33. The number of methoxy groups -OCH3 is 1. The van der Waals surface area contributed by atoms with E-state index in [2.05, 4.69) is 5.32 Å². The van der Waals surface area contributed by atoms with Gasteiger partial charge in [0, 0.05) is 19.7 Å². The minimum atomic E-state index is -0.464. The second-order valence-electron chi connectivity index (χ2n) is 4.21. The number of nitrogens with zero attached hydrogens (tertiary/aromatic N) is 1. The van der Waals surface area contributed by atoms with Crippen LogP contribution in [0.5, 0.6) is 0 Å². The predicted molar refractivity (Wildman–Crippen MR) is 67.7 cm³/mol. The molecule has 0 atom stereocenters. The van der Waals surface area contributed by atoms with Crippen LogP contribution >= 0.6 is 11.6 Å². The molecule has 94 valence electrons. The summed E-state index contributed by atoms with van der Waals surface area (Å²) in [6.07, 6.45) is 0. The van der Waals surface area contributed by atoms with E-state index in [0.29, 0.717) is 17.3 Å². The number of benzene rings is 1. The molecule has 0 fully saturated rings. The first-order chi connectivity index (χ1) is 7.87. The van der Waals surface area contributed by atoms with E-state index >= 15 is 0 Å². The van der Waals surface area contributed by atoms with Gasteiger partial charge in [0.1, 0.15) is 5.69 Å². The zero-order valence-corrected chi connectivity index (χ0v) is 10.7. The third-order valence-corrected chi connectivity index (χ3v) is 2.75. The molecule has 1 aromatic rings. The van der Waals surface area contributed by atoms with Gasteiger partial charge in [-0.15, -0.1) is 0 Å². The first-order valence-electron chi connectivity index (χ1n) is 5.09. The summed E-state index contributed by atoms with van der Waals surface area (Å²) in [5.74, 6) is 0. The van der Waals surface area contributed by atoms with Gasteiger partial charge in [-0.05, 0) is 19.9 Å². The van der Waals surface area contributed by atoms with Crippen molar-refractivity contribution < 1.29 is 9.66 Å². The maximum Gasteiger partial charge on any atom is 0.293 e. The lowest BCUT2D eigenvalue weighted by molar-refractivity contribution is -0.384. The van der Waals surface area contributed by atoms with Crippen LogP contribution in [-0.4, -0.2) is 24.2 Å². The van der Waals surface area contributed by atoms with Crippen LogP contribution in [0.2, 0.25) is 5.02 Å². The standard InChI is InChI=1S/C11H15ClN2O3/c1-11(2,17-3)7-13-10-8(12)5-4-6-9(10)14(15)16/h4-6,13H,7H2,1-3H3. The van der Waals surface area contributed by atoms with Crippen molar-refractivity contribution in [2.75, 3.05) is 19.0 Å². The van der Waals surface area contributed by atoms with Gasteiger partial charge in [-0.2, -0.15) is 0 Å². The van der Waals surface area contributed by atoms with E-state index in [1.165, 1.54) is 6.07 Å². The number of rotatable bonds is 5. The lowest BCUT2D eigenvalue weighted by Crippen LogP contribution is -2.32. The molecule has 0 spiro atoms. The van der Waals surface area contributed by atoms with Crippen molar-refractivity contribution in [2.24, 2.45) is 0 Å². The van der Waals surface area contributed by atoms with E-state index in [4.69, 9.17) is 16.3 Å². The summed E-state index contributed by atoms with van der Waals surface area (Å²) in [6, 6.07) is 4.57. The first kappa shape index (κ1) is 13.7. The van der Waals surface area contributed by atoms with Gasteiger partial charge in [-0.1, -0.05) is 17.7 Å². The molecule has 1 N–H and O–H groups in total. The summed E-state index contributed by atoms with van der Waals surface area (Å²) in [5, 5.41) is 14.1. The highest BCUT2D eigenvalue weighted by molar-refractivity contribution is 6.33. The number of nitrogens with one attached hydrogen (secondary N) is 1. The number of hydrogen-bond donors (Lipinski definition) is 1. The largest absolute Gasteiger partial charge is 0.377 e. The van der Waals surface area contributed by atoms with Crippen LogP contribution in [0.25, 0.3) is 0 Å². The first-order valence-corrected chi connectivity index (χ1v) is 5.47. The van der Waals surface area contributed by atoms with Gasteiger partial charge < -0.3 is 10.1 Å². The van der Waals surface area contributed by atoms with Gasteiger partial charge in [-0.25, -0.2) is 0 Å². The summed E-state index contributed by atoms with van der Waals surface area (Å²) in [7, 11) is 1.59. The molecule has 1 rings (SSSR count). The average molecular weight is 259 g/mol. The van der Waals surface area contributed by atoms with Crippen LogP contribution in [0, 0.1) is 10.1 Å². The Balaban J connectivity index is 2.94. The van der Waals surface area contributed by atoms with Gasteiger partial charge in [0.25, 0.3) is 5.69 Å². The number of nitro groups is 1. The molecule has 17 heavy (non-hydrogen) atoms. The van der Waals surface area contributed by atoms with Crippen molar-refractivity contribution >= 4 is 23.0 Å². The summed E-state index contributed by atoms with van der Waals surface area (Å²) in [6.45, 7) is 4.18. The van der Waals surface area contributed by atoms with Gasteiger partial charge in [0.2, 0.25) is 0 Å². The van der Waals surface area contributed by atoms with Crippen molar-refractivity contribution in [1.29, 1.82) is 0 Å². The lowest BCUT2D eigenvalue weighted by atomic mass is 10.1. The van der Waals surface area contributed by atoms with E-state index in [1.54, 1.807) is 19.2 Å². The summed E-state index contributed by atoms with van der Waals surface area (Å²) in [4.78, 5) is 10.4. The number of hydrogen-bond acceptors (Lipinski definition) is 4. The summed E-state index contributed by atoms with van der Waals surface area (Å²) < 4.78 is 5.22. The van der Waals surface area contributed by atoms with Crippen LogP contribution in [0.1, 0.15) is 13.8 Å². The quantitative estimate of drug-likeness (QED) is 0.651. The zero-order valence-electron chi connectivity index (χ0n) is 9.99. The average Bonchev–Trinajstić information content (AvgIpc) is 2.27. The van der Waals surface area contributed by atoms with Gasteiger partial charge in [0.15, 0.2) is 0 Å². The maximum absolute atomic E-state index is 10.8. The van der Waals surface area contributed by atoms with Crippen LogP contribution < -0.4 is 5.32 Å². The Kier molecular flexibility index (Phi) is 4.31. The predicted octanol–water partition coefficient (Wildman–Crippen LogP) is 3.09. The number of halogens is 1. The topological polar surface area (TPSA) is 64.4 Å². The molecule has 6 heteroatoms. The van der Waals surface area contributed by atoms with E-state index in [0.717, 1.165) is 0 Å². The minimum absolute atomic E-state index is 0.0376. The van der Waals surface area contributed by atoms with Crippen LogP contribution in [-0.2, 0) is 4.74 Å². The zero-order chi connectivity index (χ0) is 13.1. The molecule has 0 radical (unpaired) electrons. The second-order valence-corrected chi connectivity index (χ2v) is 4.62. The van der Waals surface area contributed by atoms with E-state index in [-0.39, 0.29) is 5.69 Å². The maximum atomic E-state index is 10.8. The molecule has 0 aliphatic heterocycles. The monoisotopic (exact) mass is 258 g/mol. The van der Waals surface area contributed by atoms with Crippen molar-refractivity contribution in [3.8, 4) is 0 Å². The fourth-order valence-corrected chi connectivity index (χ4v) is 1.45. The Labute approximate surface area is 105 Å². The Hall–Kier alpha value is -1.33. The van der Waals surface area contributed by atoms with Crippen LogP contribution in [0.15, 0.2) is 18.2 Å². The SMILES string of the molecule is COC(C)(C)CNc1c(Cl)cccc1[N+](=O)[O-]. The molecule has 0 saturated carbocycles. The van der Waals surface area contributed by atoms with Gasteiger partial charge in [-0.3, -0.25) is 10.1 Å². The molecule has 0 amide bonds. The number of nitro benzene ring substituents is 1. The molecule has 5 nitrogen and oxygen atoms in total. The molecule has 0 heterocycles. The van der Waals surface area contributed by atoms with E-state index in [9.17, 15) is 10.1 Å². The van der Waals surface area contributed by atoms with Gasteiger partial charge in [0.05, 0.1) is 15.5 Å². The van der Waals surface area contributed by atoms with Crippen molar-refractivity contribution in [1.82, 2.24) is 0 Å². The third-order valence-electron chi connectivity index (χ3n) is 2.43. The molecule has 0 aromatic heterocycles. The number of para-hydroxylation sites is 1. The molecular formula is C11H15ClN2O3. The molecular weight excluding hydrogens is 244 g/mol. The normalized spacial score (nSPS) is 11.3. The lowest BCUT2D eigenvalue weighted by Gasteiger charge is -2.23. The van der Waals surface area contributed by atoms with Gasteiger partial charge >= 0.3 is 0 Å². The number of ether oxygens (including phenoxy) is 1. The Morgan fingerprint density at radius 3 is 2.71 bits per heavy atom. The highest BCUT2D eigenvalue weighted by Crippen LogP contribution is 2.32. The fraction of sp³-hybridized carbons (Fsp3) is 0.455. The number of anilines is 1. The fourth-order valence-electron chi connectivity index (χ4n) is 1.21. The van der Waals surface area contributed by atoms with Crippen LogP contribution in [0.3, 0.4) is 0 Å². The van der Waals surface area contributed by atoms with Crippen molar-refractivity contribution in [3.63, 3.8) is 0 Å².